The van der Waals surface area contributed by atoms with E-state index in [1.54, 1.807) is 18.2 Å². The molecule has 110 valence electrons. The van der Waals surface area contributed by atoms with E-state index >= 15 is 0 Å². The normalized spacial score (nSPS) is 14.9. The quantitative estimate of drug-likeness (QED) is 0.835. The van der Waals surface area contributed by atoms with Crippen LogP contribution >= 0.6 is 11.6 Å². The van der Waals surface area contributed by atoms with Crippen LogP contribution in [0.1, 0.15) is 18.4 Å². The summed E-state index contributed by atoms with van der Waals surface area (Å²) in [6.07, 6.45) is 3.23. The molecule has 5 nitrogen and oxygen atoms in total. The van der Waals surface area contributed by atoms with E-state index in [0.717, 1.165) is 12.8 Å². The summed E-state index contributed by atoms with van der Waals surface area (Å²) in [5.74, 6) is -0.186. The van der Waals surface area contributed by atoms with Gasteiger partial charge < -0.3 is 10.6 Å². The zero-order chi connectivity index (χ0) is 14.8. The third-order valence-electron chi connectivity index (χ3n) is 2.87. The van der Waals surface area contributed by atoms with Crippen LogP contribution in [-0.2, 0) is 20.4 Å². The van der Waals surface area contributed by atoms with Gasteiger partial charge in [0, 0.05) is 23.0 Å². The van der Waals surface area contributed by atoms with Crippen molar-refractivity contribution in [3.05, 3.63) is 28.8 Å². The standard InChI is InChI=1S/C13H17ClN2O3S/c1-20(18,19)8-9-2-3-10(14)6-12(9)15-7-13(17)16-11-4-5-11/h2-3,6,11,15H,4-5,7-8H2,1H3,(H,16,17). The number of amides is 1. The Kier molecular flexibility index (Phi) is 4.55. The van der Waals surface area contributed by atoms with Crippen molar-refractivity contribution < 1.29 is 13.2 Å². The summed E-state index contributed by atoms with van der Waals surface area (Å²) in [7, 11) is -3.14. The van der Waals surface area contributed by atoms with Crippen LogP contribution in [0.25, 0.3) is 0 Å². The Labute approximate surface area is 123 Å². The predicted molar refractivity (Wildman–Crippen MR) is 79.7 cm³/mol. The SMILES string of the molecule is CS(=O)(=O)Cc1ccc(Cl)cc1NCC(=O)NC1CC1. The first-order valence-electron chi connectivity index (χ1n) is 6.33. The molecule has 0 spiro atoms. The third-order valence-corrected chi connectivity index (χ3v) is 3.94. The lowest BCUT2D eigenvalue weighted by atomic mass is 10.2. The molecule has 1 aromatic rings. The molecule has 0 saturated heterocycles. The summed E-state index contributed by atoms with van der Waals surface area (Å²) in [6, 6.07) is 5.23. The van der Waals surface area contributed by atoms with Gasteiger partial charge in [0.25, 0.3) is 0 Å². The minimum atomic E-state index is -3.14. The summed E-state index contributed by atoms with van der Waals surface area (Å²) in [4.78, 5) is 11.6. The fraction of sp³-hybridized carbons (Fsp3) is 0.462. The van der Waals surface area contributed by atoms with E-state index < -0.39 is 9.84 Å². The molecule has 7 heteroatoms. The molecule has 0 aromatic heterocycles. The Morgan fingerprint density at radius 3 is 2.70 bits per heavy atom. The molecule has 1 amide bonds. The number of sulfone groups is 1. The van der Waals surface area contributed by atoms with Gasteiger partial charge in [-0.1, -0.05) is 17.7 Å². The van der Waals surface area contributed by atoms with Crippen molar-refractivity contribution in [2.24, 2.45) is 0 Å². The molecule has 1 aromatic carbocycles. The monoisotopic (exact) mass is 316 g/mol. The number of carbonyl (C=O) groups excluding carboxylic acids is 1. The molecule has 2 rings (SSSR count). The summed E-state index contributed by atoms with van der Waals surface area (Å²) < 4.78 is 22.8. The second-order valence-electron chi connectivity index (χ2n) is 5.07. The van der Waals surface area contributed by atoms with Crippen molar-refractivity contribution >= 4 is 33.0 Å². The van der Waals surface area contributed by atoms with E-state index in [9.17, 15) is 13.2 Å². The highest BCUT2D eigenvalue weighted by Gasteiger charge is 2.23. The van der Waals surface area contributed by atoms with Crippen molar-refractivity contribution in [3.63, 3.8) is 0 Å². The number of halogens is 1. The summed E-state index contributed by atoms with van der Waals surface area (Å²) in [5.41, 5.74) is 1.19. The maximum Gasteiger partial charge on any atom is 0.239 e. The van der Waals surface area contributed by atoms with E-state index in [1.807, 2.05) is 0 Å². The highest BCUT2D eigenvalue weighted by atomic mass is 35.5. The van der Waals surface area contributed by atoms with Crippen LogP contribution in [0.5, 0.6) is 0 Å². The van der Waals surface area contributed by atoms with Gasteiger partial charge in [0.2, 0.25) is 5.91 Å². The summed E-state index contributed by atoms with van der Waals surface area (Å²) >= 11 is 5.91. The van der Waals surface area contributed by atoms with E-state index in [2.05, 4.69) is 10.6 Å². The van der Waals surface area contributed by atoms with Crippen molar-refractivity contribution in [2.75, 3.05) is 18.1 Å². The zero-order valence-corrected chi connectivity index (χ0v) is 12.7. The van der Waals surface area contributed by atoms with Crippen molar-refractivity contribution in [1.29, 1.82) is 0 Å². The zero-order valence-electron chi connectivity index (χ0n) is 11.1. The van der Waals surface area contributed by atoms with Crippen LogP contribution in [0.3, 0.4) is 0 Å². The first kappa shape index (κ1) is 15.1. The molecule has 0 atom stereocenters. The Balaban J connectivity index is 2.04. The third kappa shape index (κ3) is 5.02. The number of carbonyl (C=O) groups is 1. The molecular formula is C13H17ClN2O3S. The fourth-order valence-electron chi connectivity index (χ4n) is 1.80. The van der Waals surface area contributed by atoms with Gasteiger partial charge in [-0.15, -0.1) is 0 Å². The van der Waals surface area contributed by atoms with Crippen molar-refractivity contribution in [1.82, 2.24) is 5.32 Å². The largest absolute Gasteiger partial charge is 0.376 e. The van der Waals surface area contributed by atoms with E-state index in [1.165, 1.54) is 6.26 Å². The lowest BCUT2D eigenvalue weighted by Crippen LogP contribution is -2.31. The Hall–Kier alpha value is -1.27. The average molecular weight is 317 g/mol. The van der Waals surface area contributed by atoms with Crippen LogP contribution in [0.2, 0.25) is 5.02 Å². The highest BCUT2D eigenvalue weighted by Crippen LogP contribution is 2.23. The van der Waals surface area contributed by atoms with Crippen molar-refractivity contribution in [3.8, 4) is 0 Å². The van der Waals surface area contributed by atoms with Gasteiger partial charge in [0.15, 0.2) is 9.84 Å². The molecule has 2 N–H and O–H groups in total. The van der Waals surface area contributed by atoms with Gasteiger partial charge in [-0.2, -0.15) is 0 Å². The number of hydrogen-bond acceptors (Lipinski definition) is 4. The van der Waals surface area contributed by atoms with Gasteiger partial charge in [-0.05, 0) is 30.5 Å². The van der Waals surface area contributed by atoms with Crippen LogP contribution in [0, 0.1) is 0 Å². The Morgan fingerprint density at radius 2 is 2.10 bits per heavy atom. The minimum Gasteiger partial charge on any atom is -0.376 e. The molecule has 20 heavy (non-hydrogen) atoms. The molecule has 0 heterocycles. The van der Waals surface area contributed by atoms with Gasteiger partial charge in [-0.3, -0.25) is 4.79 Å². The lowest BCUT2D eigenvalue weighted by Gasteiger charge is -2.12. The number of rotatable bonds is 6. The average Bonchev–Trinajstić information content (AvgIpc) is 3.11. The molecule has 0 radical (unpaired) electrons. The number of benzene rings is 1. The Bertz CT molecular complexity index is 612. The van der Waals surface area contributed by atoms with Gasteiger partial charge in [0.1, 0.15) is 0 Å². The maximum absolute atomic E-state index is 11.6. The van der Waals surface area contributed by atoms with Gasteiger partial charge in [-0.25, -0.2) is 8.42 Å². The lowest BCUT2D eigenvalue weighted by molar-refractivity contribution is -0.119. The van der Waals surface area contributed by atoms with E-state index in [0.29, 0.717) is 22.3 Å². The molecule has 0 aliphatic heterocycles. The molecular weight excluding hydrogens is 300 g/mol. The predicted octanol–water partition coefficient (Wildman–Crippen LogP) is 1.58. The molecule has 0 bridgehead atoms. The number of hydrogen-bond donors (Lipinski definition) is 2. The molecule has 1 aliphatic rings. The molecule has 0 unspecified atom stereocenters. The van der Waals surface area contributed by atoms with Crippen molar-refractivity contribution in [2.45, 2.75) is 24.6 Å². The molecule has 1 aliphatic carbocycles. The van der Waals surface area contributed by atoms with Gasteiger partial charge >= 0.3 is 0 Å². The van der Waals surface area contributed by atoms with Crippen LogP contribution in [0.4, 0.5) is 5.69 Å². The number of nitrogens with one attached hydrogen (secondary N) is 2. The summed E-state index contributed by atoms with van der Waals surface area (Å²) in [6.45, 7) is 0.105. The second-order valence-corrected chi connectivity index (χ2v) is 7.64. The maximum atomic E-state index is 11.6. The highest BCUT2D eigenvalue weighted by molar-refractivity contribution is 7.89. The first-order chi connectivity index (χ1) is 9.33. The topological polar surface area (TPSA) is 75.3 Å². The first-order valence-corrected chi connectivity index (χ1v) is 8.77. The minimum absolute atomic E-state index is 0.0866. The number of anilines is 1. The second kappa shape index (κ2) is 6.01. The Morgan fingerprint density at radius 1 is 1.40 bits per heavy atom. The smallest absolute Gasteiger partial charge is 0.239 e. The van der Waals surface area contributed by atoms with Crippen LogP contribution < -0.4 is 10.6 Å². The summed E-state index contributed by atoms with van der Waals surface area (Å²) in [5, 5.41) is 6.30. The van der Waals surface area contributed by atoms with Crippen LogP contribution in [-0.4, -0.2) is 33.2 Å². The molecule has 1 fully saturated rings. The molecule has 1 saturated carbocycles. The van der Waals surface area contributed by atoms with E-state index in [4.69, 9.17) is 11.6 Å². The van der Waals surface area contributed by atoms with Crippen LogP contribution in [0.15, 0.2) is 18.2 Å². The van der Waals surface area contributed by atoms with E-state index in [-0.39, 0.29) is 18.2 Å². The van der Waals surface area contributed by atoms with Gasteiger partial charge in [0.05, 0.1) is 12.3 Å². The fourth-order valence-corrected chi connectivity index (χ4v) is 2.79.